The van der Waals surface area contributed by atoms with Gasteiger partial charge in [0, 0.05) is 41.4 Å². The lowest BCUT2D eigenvalue weighted by atomic mass is 9.72. The molecule has 33 heavy (non-hydrogen) atoms. The molecule has 4 rings (SSSR count). The van der Waals surface area contributed by atoms with E-state index in [1.807, 2.05) is 46.9 Å². The number of halogens is 1. The van der Waals surface area contributed by atoms with Gasteiger partial charge in [-0.1, -0.05) is 17.7 Å². The summed E-state index contributed by atoms with van der Waals surface area (Å²) in [4.78, 5) is 17.5. The fourth-order valence-electron chi connectivity index (χ4n) is 5.19. The molecule has 2 aliphatic heterocycles. The fourth-order valence-corrected chi connectivity index (χ4v) is 5.55. The number of hydrogen-bond donors (Lipinski definition) is 1. The van der Waals surface area contributed by atoms with E-state index < -0.39 is 23.6 Å². The van der Waals surface area contributed by atoms with Crippen LogP contribution >= 0.6 is 11.6 Å². The molecule has 1 N–H and O–H groups in total. The third-order valence-electron chi connectivity index (χ3n) is 6.89. The summed E-state index contributed by atoms with van der Waals surface area (Å²) in [6, 6.07) is 3.96. The Morgan fingerprint density at radius 2 is 2.00 bits per heavy atom. The Balaban J connectivity index is 1.98. The second kappa shape index (κ2) is 8.48. The van der Waals surface area contributed by atoms with Crippen LogP contribution in [-0.4, -0.2) is 39.7 Å². The van der Waals surface area contributed by atoms with Crippen molar-refractivity contribution in [2.24, 2.45) is 18.0 Å². The van der Waals surface area contributed by atoms with E-state index >= 15 is 0 Å². The Labute approximate surface area is 200 Å². The number of aliphatic imine (C=N–C) groups is 1. The summed E-state index contributed by atoms with van der Waals surface area (Å²) in [5.41, 5.74) is 5.21. The molecule has 0 saturated carbocycles. The number of carboxylic acids is 1. The van der Waals surface area contributed by atoms with Crippen molar-refractivity contribution in [2.75, 3.05) is 6.61 Å². The number of fused-ring (bicyclic) bond motifs is 2. The van der Waals surface area contributed by atoms with Gasteiger partial charge in [0.25, 0.3) is 0 Å². The molecule has 0 amide bonds. The maximum atomic E-state index is 12.5. The zero-order chi connectivity index (χ0) is 24.2. The van der Waals surface area contributed by atoms with E-state index in [4.69, 9.17) is 26.1 Å². The Hall–Kier alpha value is -2.31. The van der Waals surface area contributed by atoms with Gasteiger partial charge >= 0.3 is 5.97 Å². The van der Waals surface area contributed by atoms with Crippen LogP contribution in [0.3, 0.4) is 0 Å². The largest absolute Gasteiger partial charge is 0.493 e. The molecular formula is C26H33ClN2O4. The van der Waals surface area contributed by atoms with E-state index in [2.05, 4.69) is 18.4 Å². The molecule has 0 fully saturated rings. The molecule has 1 aromatic heterocycles. The maximum Gasteiger partial charge on any atom is 0.333 e. The molecule has 0 saturated heterocycles. The van der Waals surface area contributed by atoms with E-state index in [1.165, 1.54) is 0 Å². The van der Waals surface area contributed by atoms with Crippen molar-refractivity contribution in [3.63, 3.8) is 0 Å². The average Bonchev–Trinajstić information content (AvgIpc) is 2.95. The normalized spacial score (nSPS) is 21.0. The van der Waals surface area contributed by atoms with Crippen LogP contribution < -0.4 is 4.74 Å². The number of carbonyl (C=O) groups is 1. The third kappa shape index (κ3) is 4.08. The molecule has 2 aliphatic rings. The summed E-state index contributed by atoms with van der Waals surface area (Å²) in [7, 11) is 2.00. The van der Waals surface area contributed by atoms with E-state index in [0.717, 1.165) is 58.1 Å². The standard InChI is InChI=1S/C26H33ClN2O4/c1-13-15(3)29(7)24-19(13)21(17-10-11-18-16(22(17)27)9-8-12-32-18)20(14(2)28-24)23(25(30)31)33-26(4,5)6/h10-11,20-21,23H,8-9,12H2,1-7H3,(H,30,31)/t20?,21?,23-/m0/s1. The highest BCUT2D eigenvalue weighted by atomic mass is 35.5. The molecule has 3 heterocycles. The molecule has 0 radical (unpaired) electrons. The first kappa shape index (κ1) is 23.8. The smallest absolute Gasteiger partial charge is 0.333 e. The van der Waals surface area contributed by atoms with Crippen molar-refractivity contribution in [2.45, 2.75) is 72.0 Å². The SMILES string of the molecule is CC1=Nc2c(c(C)c(C)n2C)C(c2ccc3c(c2Cl)CCCO3)C1[C@H](OC(C)(C)C)C(=O)O. The van der Waals surface area contributed by atoms with Crippen molar-refractivity contribution in [1.82, 2.24) is 4.57 Å². The summed E-state index contributed by atoms with van der Waals surface area (Å²) in [5, 5.41) is 10.9. The van der Waals surface area contributed by atoms with Crippen LogP contribution in [-0.2, 0) is 23.0 Å². The van der Waals surface area contributed by atoms with Gasteiger partial charge in [0.05, 0.1) is 17.2 Å². The monoisotopic (exact) mass is 472 g/mol. The summed E-state index contributed by atoms with van der Waals surface area (Å²) in [6.07, 6.45) is 0.673. The predicted molar refractivity (Wildman–Crippen MR) is 131 cm³/mol. The molecule has 2 unspecified atom stereocenters. The van der Waals surface area contributed by atoms with E-state index in [-0.39, 0.29) is 5.92 Å². The molecule has 1 aromatic carbocycles. The molecule has 178 valence electrons. The third-order valence-corrected chi connectivity index (χ3v) is 7.33. The van der Waals surface area contributed by atoms with Crippen LogP contribution in [0.25, 0.3) is 0 Å². The maximum absolute atomic E-state index is 12.5. The van der Waals surface area contributed by atoms with Crippen molar-refractivity contribution >= 4 is 29.1 Å². The lowest BCUT2D eigenvalue weighted by molar-refractivity contribution is -0.163. The first-order valence-corrected chi connectivity index (χ1v) is 11.9. The van der Waals surface area contributed by atoms with Crippen LogP contribution in [0.1, 0.15) is 68.0 Å². The highest BCUT2D eigenvalue weighted by Crippen LogP contribution is 2.51. The van der Waals surface area contributed by atoms with Crippen molar-refractivity contribution < 1.29 is 19.4 Å². The molecule has 6 nitrogen and oxygen atoms in total. The summed E-state index contributed by atoms with van der Waals surface area (Å²) >= 11 is 7.04. The van der Waals surface area contributed by atoms with Crippen molar-refractivity contribution in [1.29, 1.82) is 0 Å². The van der Waals surface area contributed by atoms with Gasteiger partial charge in [0.2, 0.25) is 0 Å². The van der Waals surface area contributed by atoms with Gasteiger partial charge in [-0.2, -0.15) is 0 Å². The Bertz CT molecular complexity index is 1140. The number of aromatic nitrogens is 1. The molecule has 0 spiro atoms. The zero-order valence-corrected chi connectivity index (χ0v) is 21.2. The molecular weight excluding hydrogens is 440 g/mol. The molecule has 0 aliphatic carbocycles. The van der Waals surface area contributed by atoms with Crippen molar-refractivity contribution in [3.05, 3.63) is 45.1 Å². The van der Waals surface area contributed by atoms with Crippen LogP contribution in [0.5, 0.6) is 5.75 Å². The number of ether oxygens (including phenoxy) is 2. The molecule has 2 aromatic rings. The van der Waals surface area contributed by atoms with Crippen LogP contribution in [0.15, 0.2) is 17.1 Å². The zero-order valence-electron chi connectivity index (χ0n) is 20.5. The van der Waals surface area contributed by atoms with Crippen LogP contribution in [0.4, 0.5) is 5.82 Å². The number of carboxylic acid groups (broad SMARTS) is 1. The lowest BCUT2D eigenvalue weighted by Gasteiger charge is -2.38. The van der Waals surface area contributed by atoms with Crippen LogP contribution in [0.2, 0.25) is 5.02 Å². The quantitative estimate of drug-likeness (QED) is 0.615. The van der Waals surface area contributed by atoms with Gasteiger partial charge in [-0.3, -0.25) is 0 Å². The molecule has 0 bridgehead atoms. The van der Waals surface area contributed by atoms with Gasteiger partial charge < -0.3 is 19.1 Å². The first-order valence-electron chi connectivity index (χ1n) is 11.5. The molecule has 7 heteroatoms. The Morgan fingerprint density at radius 3 is 2.64 bits per heavy atom. The highest BCUT2D eigenvalue weighted by molar-refractivity contribution is 6.32. The number of benzene rings is 1. The van der Waals surface area contributed by atoms with Crippen molar-refractivity contribution in [3.8, 4) is 5.75 Å². The van der Waals surface area contributed by atoms with Gasteiger partial charge in [0.15, 0.2) is 6.10 Å². The lowest BCUT2D eigenvalue weighted by Crippen LogP contribution is -2.45. The van der Waals surface area contributed by atoms with E-state index in [0.29, 0.717) is 11.6 Å². The van der Waals surface area contributed by atoms with Gasteiger partial charge in [0.1, 0.15) is 11.6 Å². The number of nitrogens with zero attached hydrogens (tertiary/aromatic N) is 2. The first-order chi connectivity index (χ1) is 15.4. The van der Waals surface area contributed by atoms with E-state index in [1.54, 1.807) is 0 Å². The van der Waals surface area contributed by atoms with Crippen LogP contribution in [0, 0.1) is 19.8 Å². The average molecular weight is 473 g/mol. The Morgan fingerprint density at radius 1 is 1.30 bits per heavy atom. The topological polar surface area (TPSA) is 73.0 Å². The second-order valence-electron chi connectivity index (χ2n) is 10.1. The Kier molecular flexibility index (Phi) is 6.12. The minimum Gasteiger partial charge on any atom is -0.493 e. The van der Waals surface area contributed by atoms with Gasteiger partial charge in [-0.05, 0) is 71.6 Å². The summed E-state index contributed by atoms with van der Waals surface area (Å²) in [6.45, 7) is 12.3. The molecule has 3 atom stereocenters. The van der Waals surface area contributed by atoms with Gasteiger partial charge in [-0.25, -0.2) is 9.79 Å². The highest BCUT2D eigenvalue weighted by Gasteiger charge is 2.46. The number of hydrogen-bond acceptors (Lipinski definition) is 4. The minimum atomic E-state index is -1.07. The summed E-state index contributed by atoms with van der Waals surface area (Å²) in [5.74, 6) is -0.139. The number of rotatable bonds is 4. The predicted octanol–water partition coefficient (Wildman–Crippen LogP) is 5.74. The van der Waals surface area contributed by atoms with Gasteiger partial charge in [-0.15, -0.1) is 0 Å². The fraction of sp³-hybridized carbons (Fsp3) is 0.538. The minimum absolute atomic E-state index is 0.305. The second-order valence-corrected chi connectivity index (χ2v) is 10.5. The summed E-state index contributed by atoms with van der Waals surface area (Å²) < 4.78 is 14.1. The number of aliphatic carboxylic acids is 1. The van der Waals surface area contributed by atoms with E-state index in [9.17, 15) is 9.90 Å².